The number of carbonyl (C=O) groups excluding carboxylic acids is 1. The second kappa shape index (κ2) is 6.71. The van der Waals surface area contributed by atoms with Gasteiger partial charge in [-0.2, -0.15) is 0 Å². The molecule has 1 saturated carbocycles. The molecule has 2 unspecified atom stereocenters. The average molecular weight is 270 g/mol. The van der Waals surface area contributed by atoms with Gasteiger partial charge in [-0.3, -0.25) is 4.79 Å². The number of nitrogens with one attached hydrogen (secondary N) is 1. The third kappa shape index (κ3) is 3.48. The summed E-state index contributed by atoms with van der Waals surface area (Å²) in [5, 5.41) is 13.2. The maximum absolute atomic E-state index is 12.4. The molecule has 0 aliphatic heterocycles. The molecule has 0 aromatic heterocycles. The molecule has 1 amide bonds. The number of nitrogens with two attached hydrogens (primary N) is 1. The summed E-state index contributed by atoms with van der Waals surface area (Å²) in [5.74, 6) is 0.0407. The molecular weight excluding hydrogens is 240 g/mol. The van der Waals surface area contributed by atoms with Crippen LogP contribution in [0, 0.1) is 10.8 Å². The molecule has 19 heavy (non-hydrogen) atoms. The Labute approximate surface area is 117 Å². The molecular formula is C15H30N2O2. The summed E-state index contributed by atoms with van der Waals surface area (Å²) in [6.07, 6.45) is 5.24. The zero-order valence-corrected chi connectivity index (χ0v) is 12.7. The minimum Gasteiger partial charge on any atom is -0.392 e. The molecule has 4 N–H and O–H groups in total. The third-order valence-corrected chi connectivity index (χ3v) is 5.16. The van der Waals surface area contributed by atoms with E-state index in [2.05, 4.69) is 12.2 Å². The van der Waals surface area contributed by atoms with Gasteiger partial charge in [0.25, 0.3) is 0 Å². The number of carbonyl (C=O) groups is 1. The highest BCUT2D eigenvalue weighted by molar-refractivity contribution is 5.82. The second-order valence-electron chi connectivity index (χ2n) is 6.29. The lowest BCUT2D eigenvalue weighted by Crippen LogP contribution is -2.51. The van der Waals surface area contributed by atoms with Crippen LogP contribution in [0.25, 0.3) is 0 Å². The highest BCUT2D eigenvalue weighted by Crippen LogP contribution is 2.36. The van der Waals surface area contributed by atoms with E-state index >= 15 is 0 Å². The van der Waals surface area contributed by atoms with Crippen LogP contribution in [0.4, 0.5) is 0 Å². The van der Waals surface area contributed by atoms with Crippen LogP contribution in [-0.2, 0) is 4.79 Å². The van der Waals surface area contributed by atoms with E-state index in [1.165, 1.54) is 0 Å². The van der Waals surface area contributed by atoms with Gasteiger partial charge in [0.05, 0.1) is 11.5 Å². The molecule has 1 aliphatic carbocycles. The summed E-state index contributed by atoms with van der Waals surface area (Å²) in [5.41, 5.74) is 5.16. The summed E-state index contributed by atoms with van der Waals surface area (Å²) in [7, 11) is 0. The molecule has 0 radical (unpaired) electrons. The van der Waals surface area contributed by atoms with E-state index in [1.54, 1.807) is 0 Å². The van der Waals surface area contributed by atoms with E-state index < -0.39 is 5.41 Å². The van der Waals surface area contributed by atoms with E-state index in [1.807, 2.05) is 13.8 Å². The van der Waals surface area contributed by atoms with Gasteiger partial charge in [-0.25, -0.2) is 0 Å². The predicted molar refractivity (Wildman–Crippen MR) is 77.7 cm³/mol. The molecule has 0 aromatic rings. The van der Waals surface area contributed by atoms with E-state index in [4.69, 9.17) is 5.73 Å². The van der Waals surface area contributed by atoms with Gasteiger partial charge in [0.1, 0.15) is 0 Å². The predicted octanol–water partition coefficient (Wildman–Crippen LogP) is 1.81. The van der Waals surface area contributed by atoms with Crippen LogP contribution >= 0.6 is 0 Å². The quantitative estimate of drug-likeness (QED) is 0.689. The molecule has 1 fully saturated rings. The van der Waals surface area contributed by atoms with Crippen LogP contribution in [-0.4, -0.2) is 30.2 Å². The first-order chi connectivity index (χ1) is 8.94. The first-order valence-corrected chi connectivity index (χ1v) is 7.60. The fourth-order valence-electron chi connectivity index (χ4n) is 3.01. The third-order valence-electron chi connectivity index (χ3n) is 5.16. The molecule has 4 heteroatoms. The van der Waals surface area contributed by atoms with Crippen molar-refractivity contribution >= 4 is 5.91 Å². The Hall–Kier alpha value is -0.610. The minimum atomic E-state index is -0.448. The molecule has 0 heterocycles. The average Bonchev–Trinajstić information content (AvgIpc) is 2.43. The van der Waals surface area contributed by atoms with Crippen LogP contribution in [0.1, 0.15) is 59.3 Å². The summed E-state index contributed by atoms with van der Waals surface area (Å²) < 4.78 is 0. The Morgan fingerprint density at radius 1 is 1.42 bits per heavy atom. The largest absolute Gasteiger partial charge is 0.392 e. The van der Waals surface area contributed by atoms with E-state index in [9.17, 15) is 9.90 Å². The molecule has 0 aromatic carbocycles. The van der Waals surface area contributed by atoms with Crippen molar-refractivity contribution in [1.82, 2.24) is 5.32 Å². The van der Waals surface area contributed by atoms with Gasteiger partial charge in [-0.15, -0.1) is 0 Å². The number of hydrogen-bond acceptors (Lipinski definition) is 3. The van der Waals surface area contributed by atoms with Crippen molar-refractivity contribution < 1.29 is 9.90 Å². The zero-order chi connectivity index (χ0) is 14.5. The van der Waals surface area contributed by atoms with Crippen molar-refractivity contribution in [1.29, 1.82) is 0 Å². The van der Waals surface area contributed by atoms with Gasteiger partial charge in [0.15, 0.2) is 0 Å². The summed E-state index contributed by atoms with van der Waals surface area (Å²) in [6, 6.07) is 0. The van der Waals surface area contributed by atoms with Crippen LogP contribution in [0.15, 0.2) is 0 Å². The molecule has 0 saturated heterocycles. The normalized spacial score (nSPS) is 28.2. The standard InChI is InChI=1S/C15H30N2O2/c1-4-15(5-2,10-16)13(19)17-11-14(3)9-7-6-8-12(14)18/h12,18H,4-11,16H2,1-3H3,(H,17,19). The van der Waals surface area contributed by atoms with E-state index in [0.717, 1.165) is 38.5 Å². The van der Waals surface area contributed by atoms with Crippen LogP contribution < -0.4 is 11.1 Å². The highest BCUT2D eigenvalue weighted by Gasteiger charge is 2.38. The lowest BCUT2D eigenvalue weighted by atomic mass is 9.73. The Morgan fingerprint density at radius 3 is 2.53 bits per heavy atom. The SMILES string of the molecule is CCC(CC)(CN)C(=O)NCC1(C)CCCCC1O. The lowest BCUT2D eigenvalue weighted by Gasteiger charge is -2.39. The van der Waals surface area contributed by atoms with Crippen molar-refractivity contribution in [2.75, 3.05) is 13.1 Å². The molecule has 2 atom stereocenters. The van der Waals surface area contributed by atoms with Gasteiger partial charge in [-0.05, 0) is 25.7 Å². The van der Waals surface area contributed by atoms with E-state index in [0.29, 0.717) is 13.1 Å². The Balaban J connectivity index is 2.62. The highest BCUT2D eigenvalue weighted by atomic mass is 16.3. The van der Waals surface area contributed by atoms with Gasteiger partial charge in [0, 0.05) is 18.5 Å². The van der Waals surface area contributed by atoms with Crippen molar-refractivity contribution in [2.45, 2.75) is 65.4 Å². The number of aliphatic hydroxyl groups is 1. The zero-order valence-electron chi connectivity index (χ0n) is 12.7. The van der Waals surface area contributed by atoms with Gasteiger partial charge < -0.3 is 16.2 Å². The van der Waals surface area contributed by atoms with Crippen LogP contribution in [0.5, 0.6) is 0 Å². The summed E-state index contributed by atoms with van der Waals surface area (Å²) in [6.45, 7) is 7.01. The maximum Gasteiger partial charge on any atom is 0.227 e. The lowest BCUT2D eigenvalue weighted by molar-refractivity contribution is -0.132. The van der Waals surface area contributed by atoms with Gasteiger partial charge >= 0.3 is 0 Å². The topological polar surface area (TPSA) is 75.4 Å². The van der Waals surface area contributed by atoms with Gasteiger partial charge in [0.2, 0.25) is 5.91 Å². The second-order valence-corrected chi connectivity index (χ2v) is 6.29. The minimum absolute atomic E-state index is 0.0407. The number of amides is 1. The number of rotatable bonds is 6. The van der Waals surface area contributed by atoms with E-state index in [-0.39, 0.29) is 17.4 Å². The number of hydrogen-bond donors (Lipinski definition) is 3. The van der Waals surface area contributed by atoms with Gasteiger partial charge in [-0.1, -0.05) is 33.6 Å². The molecule has 1 aliphatic rings. The number of aliphatic hydroxyl groups excluding tert-OH is 1. The first-order valence-electron chi connectivity index (χ1n) is 7.60. The van der Waals surface area contributed by atoms with Crippen molar-refractivity contribution in [3.8, 4) is 0 Å². The molecule has 1 rings (SSSR count). The smallest absolute Gasteiger partial charge is 0.227 e. The van der Waals surface area contributed by atoms with Crippen molar-refractivity contribution in [2.24, 2.45) is 16.6 Å². The van der Waals surface area contributed by atoms with Crippen molar-refractivity contribution in [3.05, 3.63) is 0 Å². The summed E-state index contributed by atoms with van der Waals surface area (Å²) >= 11 is 0. The fourth-order valence-corrected chi connectivity index (χ4v) is 3.01. The monoisotopic (exact) mass is 270 g/mol. The Kier molecular flexibility index (Phi) is 5.81. The molecule has 112 valence electrons. The fraction of sp³-hybridized carbons (Fsp3) is 0.933. The maximum atomic E-state index is 12.4. The first kappa shape index (κ1) is 16.4. The van der Waals surface area contributed by atoms with Crippen LogP contribution in [0.3, 0.4) is 0 Å². The molecule has 0 bridgehead atoms. The molecule has 0 spiro atoms. The Bertz CT molecular complexity index is 294. The summed E-state index contributed by atoms with van der Waals surface area (Å²) in [4.78, 5) is 12.4. The molecule has 4 nitrogen and oxygen atoms in total. The van der Waals surface area contributed by atoms with Crippen LogP contribution in [0.2, 0.25) is 0 Å². The van der Waals surface area contributed by atoms with Crippen molar-refractivity contribution in [3.63, 3.8) is 0 Å². The Morgan fingerprint density at radius 2 is 2.05 bits per heavy atom.